The number of hydrogen-bond donors (Lipinski definition) is 1. The van der Waals surface area contributed by atoms with E-state index in [4.69, 9.17) is 28.9 Å². The largest absolute Gasteiger partial charge is 0.397 e. The summed E-state index contributed by atoms with van der Waals surface area (Å²) >= 11 is 19.1. The van der Waals surface area contributed by atoms with Gasteiger partial charge in [0.25, 0.3) is 0 Å². The molecule has 10 heteroatoms. The Balaban J connectivity index is 2.67. The number of nitrogens with zero attached hydrogens (tertiary/aromatic N) is 4. The lowest BCUT2D eigenvalue weighted by Crippen LogP contribution is -2.30. The lowest BCUT2D eigenvalue weighted by Gasteiger charge is -2.25. The van der Waals surface area contributed by atoms with Gasteiger partial charge in [0.1, 0.15) is 18.1 Å². The van der Waals surface area contributed by atoms with E-state index in [0.29, 0.717) is 25.8 Å². The van der Waals surface area contributed by atoms with E-state index in [1.54, 1.807) is 0 Å². The zero-order valence-corrected chi connectivity index (χ0v) is 17.2. The van der Waals surface area contributed by atoms with Crippen LogP contribution in [0.3, 0.4) is 0 Å². The van der Waals surface area contributed by atoms with Gasteiger partial charge in [0.2, 0.25) is 11.7 Å². The van der Waals surface area contributed by atoms with Crippen LogP contribution in [-0.4, -0.2) is 35.5 Å². The summed E-state index contributed by atoms with van der Waals surface area (Å²) in [7, 11) is 1.40. The molecule has 0 aromatic carbocycles. The molecule has 2 rings (SSSR count). The molecule has 1 aromatic rings. The van der Waals surface area contributed by atoms with Crippen LogP contribution < -0.4 is 10.6 Å². The molecule has 1 unspecified atom stereocenters. The molecule has 0 bridgehead atoms. The Hall–Kier alpha value is -0.570. The minimum atomic E-state index is 0.0547. The van der Waals surface area contributed by atoms with Crippen molar-refractivity contribution < 1.29 is 4.84 Å². The number of nitrogens with two attached hydrogens (primary N) is 1. The summed E-state index contributed by atoms with van der Waals surface area (Å²) in [6, 6.07) is 0.322. The van der Waals surface area contributed by atoms with Gasteiger partial charge < -0.3 is 15.5 Å². The fraction of sp³-hybridized carbons (Fsp3) is 0.462. The number of aromatic nitrogens is 2. The molecule has 1 atom stereocenters. The Morgan fingerprint density at radius 2 is 2.13 bits per heavy atom. The number of hydrogen-bond acceptors (Lipinski definition) is 5. The Labute approximate surface area is 161 Å². The van der Waals surface area contributed by atoms with Crippen molar-refractivity contribution in [2.24, 2.45) is 10.9 Å². The van der Waals surface area contributed by atoms with Crippen LogP contribution in [0.1, 0.15) is 31.2 Å². The topological polar surface area (TPSA) is 76.6 Å². The van der Waals surface area contributed by atoms with Gasteiger partial charge in [-0.3, -0.25) is 0 Å². The Morgan fingerprint density at radius 1 is 1.43 bits per heavy atom. The summed E-state index contributed by atoms with van der Waals surface area (Å²) < 4.78 is 0.953. The summed E-state index contributed by atoms with van der Waals surface area (Å²) in [4.78, 5) is 15.6. The summed E-state index contributed by atoms with van der Waals surface area (Å²) in [5.41, 5.74) is 6.43. The van der Waals surface area contributed by atoms with Crippen molar-refractivity contribution in [3.8, 4) is 0 Å². The SMILES string of the molecule is CON=C(N)c1nc(Cl)c(C(Br)=C(Cl)Br)c(N2CCCC2C)n1. The highest BCUT2D eigenvalue weighted by atomic mass is 79.9. The van der Waals surface area contributed by atoms with Crippen molar-refractivity contribution in [1.29, 1.82) is 0 Å². The summed E-state index contributed by atoms with van der Waals surface area (Å²) in [6.45, 7) is 2.99. The third kappa shape index (κ3) is 4.10. The average Bonchev–Trinajstić information content (AvgIpc) is 2.91. The molecular formula is C13H15Br2Cl2N5O. The van der Waals surface area contributed by atoms with Gasteiger partial charge in [0.05, 0.1) is 14.0 Å². The lowest BCUT2D eigenvalue weighted by molar-refractivity contribution is 0.213. The summed E-state index contributed by atoms with van der Waals surface area (Å²) in [6.07, 6.45) is 2.14. The van der Waals surface area contributed by atoms with Crippen LogP contribution in [0.2, 0.25) is 5.15 Å². The molecule has 1 aliphatic rings. The first-order valence-corrected chi connectivity index (χ1v) is 9.13. The van der Waals surface area contributed by atoms with Crippen molar-refractivity contribution in [2.75, 3.05) is 18.6 Å². The first-order chi connectivity index (χ1) is 10.9. The van der Waals surface area contributed by atoms with E-state index >= 15 is 0 Å². The normalized spacial score (nSPS) is 19.8. The van der Waals surface area contributed by atoms with Crippen LogP contribution in [0.25, 0.3) is 4.48 Å². The van der Waals surface area contributed by atoms with Gasteiger partial charge in [-0.1, -0.05) is 28.4 Å². The molecular weight excluding hydrogens is 473 g/mol. The molecule has 126 valence electrons. The first-order valence-electron chi connectivity index (χ1n) is 6.79. The van der Waals surface area contributed by atoms with Crippen LogP contribution in [0.4, 0.5) is 5.82 Å². The monoisotopic (exact) mass is 485 g/mol. The number of rotatable bonds is 4. The van der Waals surface area contributed by atoms with Gasteiger partial charge in [-0.05, 0) is 51.6 Å². The smallest absolute Gasteiger partial charge is 0.208 e. The Kier molecular flexibility index (Phi) is 6.53. The molecule has 1 saturated heterocycles. The highest BCUT2D eigenvalue weighted by Crippen LogP contribution is 2.41. The number of amidine groups is 1. The third-order valence-electron chi connectivity index (χ3n) is 3.47. The van der Waals surface area contributed by atoms with Gasteiger partial charge in [0, 0.05) is 12.6 Å². The van der Waals surface area contributed by atoms with Crippen molar-refractivity contribution in [3.63, 3.8) is 0 Å². The van der Waals surface area contributed by atoms with Crippen LogP contribution in [0.15, 0.2) is 9.10 Å². The zero-order valence-electron chi connectivity index (χ0n) is 12.5. The molecule has 23 heavy (non-hydrogen) atoms. The van der Waals surface area contributed by atoms with Crippen LogP contribution in [-0.2, 0) is 4.84 Å². The molecule has 1 aliphatic heterocycles. The third-order valence-corrected chi connectivity index (χ3v) is 5.89. The lowest BCUT2D eigenvalue weighted by atomic mass is 10.2. The van der Waals surface area contributed by atoms with E-state index in [1.165, 1.54) is 7.11 Å². The highest BCUT2D eigenvalue weighted by Gasteiger charge is 2.28. The summed E-state index contributed by atoms with van der Waals surface area (Å²) in [5.74, 6) is 0.920. The maximum atomic E-state index is 6.37. The van der Waals surface area contributed by atoms with Crippen molar-refractivity contribution in [2.45, 2.75) is 25.8 Å². The number of halogens is 4. The van der Waals surface area contributed by atoms with Gasteiger partial charge >= 0.3 is 0 Å². The molecule has 0 spiro atoms. The molecule has 2 heterocycles. The fourth-order valence-electron chi connectivity index (χ4n) is 2.42. The van der Waals surface area contributed by atoms with E-state index < -0.39 is 0 Å². The molecule has 0 aliphatic carbocycles. The standard InChI is InChI=1S/C13H15Br2Cl2N5O/c1-6-4-3-5-22(6)13-7(8(14)9(15)16)10(17)19-12(20-13)11(18)21-23-2/h6H,3-5H2,1-2H3,(H2,18,21). The van der Waals surface area contributed by atoms with Gasteiger partial charge in [-0.25, -0.2) is 9.97 Å². The Bertz CT molecular complexity index is 664. The highest BCUT2D eigenvalue weighted by molar-refractivity contribution is 9.17. The van der Waals surface area contributed by atoms with E-state index in [1.807, 2.05) is 0 Å². The van der Waals surface area contributed by atoms with Crippen LogP contribution in [0, 0.1) is 0 Å². The molecule has 0 saturated carbocycles. The maximum absolute atomic E-state index is 6.37. The van der Waals surface area contributed by atoms with E-state index in [2.05, 4.69) is 63.6 Å². The molecule has 2 N–H and O–H groups in total. The number of oxime groups is 1. The van der Waals surface area contributed by atoms with Crippen LogP contribution in [0.5, 0.6) is 0 Å². The Morgan fingerprint density at radius 3 is 2.65 bits per heavy atom. The minimum absolute atomic E-state index is 0.0547. The molecule has 1 aromatic heterocycles. The van der Waals surface area contributed by atoms with Crippen molar-refractivity contribution in [3.05, 3.63) is 20.5 Å². The second-order valence-corrected chi connectivity index (χ2v) is 7.73. The average molecular weight is 488 g/mol. The zero-order chi connectivity index (χ0) is 17.1. The fourth-order valence-corrected chi connectivity index (χ4v) is 3.45. The second kappa shape index (κ2) is 8.00. The minimum Gasteiger partial charge on any atom is -0.397 e. The first kappa shape index (κ1) is 18.8. The molecule has 6 nitrogen and oxygen atoms in total. The van der Waals surface area contributed by atoms with Gasteiger partial charge in [-0.2, -0.15) is 0 Å². The van der Waals surface area contributed by atoms with Crippen molar-refractivity contribution >= 4 is 71.2 Å². The van der Waals surface area contributed by atoms with Crippen molar-refractivity contribution in [1.82, 2.24) is 9.97 Å². The molecule has 0 radical (unpaired) electrons. The van der Waals surface area contributed by atoms with Gasteiger partial charge in [0.15, 0.2) is 0 Å². The number of anilines is 1. The van der Waals surface area contributed by atoms with E-state index in [0.717, 1.165) is 19.4 Å². The maximum Gasteiger partial charge on any atom is 0.208 e. The van der Waals surface area contributed by atoms with E-state index in [9.17, 15) is 0 Å². The predicted molar refractivity (Wildman–Crippen MR) is 101 cm³/mol. The predicted octanol–water partition coefficient (Wildman–Crippen LogP) is 4.04. The van der Waals surface area contributed by atoms with Crippen LogP contribution >= 0.6 is 55.1 Å². The quantitative estimate of drug-likeness (QED) is 0.300. The summed E-state index contributed by atoms with van der Waals surface area (Å²) in [5, 5.41) is 3.89. The molecule has 1 fully saturated rings. The van der Waals surface area contributed by atoms with E-state index in [-0.39, 0.29) is 16.8 Å². The molecule has 0 amide bonds. The van der Waals surface area contributed by atoms with Gasteiger partial charge in [-0.15, -0.1) is 0 Å². The second-order valence-electron chi connectivity index (χ2n) is 4.95.